The summed E-state index contributed by atoms with van der Waals surface area (Å²) >= 11 is 1.56. The number of aromatic nitrogens is 1. The smallest absolute Gasteiger partial charge is 0.303 e. The van der Waals surface area contributed by atoms with Crippen molar-refractivity contribution in [2.75, 3.05) is 11.9 Å². The second-order valence-corrected chi connectivity index (χ2v) is 5.05. The highest BCUT2D eigenvalue weighted by Gasteiger charge is 2.20. The van der Waals surface area contributed by atoms with Crippen molar-refractivity contribution in [2.45, 2.75) is 32.1 Å². The molecule has 1 heterocycles. The quantitative estimate of drug-likeness (QED) is 0.768. The largest absolute Gasteiger partial charge is 0.481 e. The molecule has 5 heteroatoms. The summed E-state index contributed by atoms with van der Waals surface area (Å²) in [5.41, 5.74) is 0.876. The van der Waals surface area contributed by atoms with Gasteiger partial charge in [-0.1, -0.05) is 12.8 Å². The van der Waals surface area contributed by atoms with Crippen LogP contribution in [0.5, 0.6) is 0 Å². The van der Waals surface area contributed by atoms with Gasteiger partial charge in [0, 0.05) is 18.3 Å². The zero-order valence-corrected chi connectivity index (χ0v) is 9.92. The van der Waals surface area contributed by atoms with Gasteiger partial charge in [0.1, 0.15) is 0 Å². The Hall–Kier alpha value is -1.10. The molecular formula is C11H16N2O2S. The summed E-state index contributed by atoms with van der Waals surface area (Å²) in [6, 6.07) is 0. The van der Waals surface area contributed by atoms with Crippen LogP contribution in [0.1, 0.15) is 31.4 Å². The molecule has 0 aromatic carbocycles. The Morgan fingerprint density at radius 2 is 2.44 bits per heavy atom. The van der Waals surface area contributed by atoms with E-state index >= 15 is 0 Å². The Morgan fingerprint density at radius 1 is 1.62 bits per heavy atom. The second kappa shape index (κ2) is 5.30. The van der Waals surface area contributed by atoms with Crippen LogP contribution in [-0.2, 0) is 11.2 Å². The Kier molecular flexibility index (Phi) is 3.77. The van der Waals surface area contributed by atoms with Gasteiger partial charge in [-0.25, -0.2) is 4.98 Å². The van der Waals surface area contributed by atoms with Crippen LogP contribution >= 0.6 is 11.3 Å². The number of aliphatic carboxylic acids is 1. The minimum absolute atomic E-state index is 0.158. The van der Waals surface area contributed by atoms with E-state index in [9.17, 15) is 4.79 Å². The topological polar surface area (TPSA) is 62.2 Å². The van der Waals surface area contributed by atoms with E-state index in [-0.39, 0.29) is 6.42 Å². The number of carbonyl (C=O) groups is 1. The molecule has 88 valence electrons. The Morgan fingerprint density at radius 3 is 3.12 bits per heavy atom. The number of carboxylic acid groups (broad SMARTS) is 1. The third kappa shape index (κ3) is 3.81. The first kappa shape index (κ1) is 11.4. The maximum atomic E-state index is 10.4. The standard InChI is InChI=1S/C11H16N2O2S/c14-10(15)4-3-9-7-16-11(13-9)12-6-5-8-1-2-8/h7-8H,1-6H2,(H,12,13)(H,14,15). The molecule has 0 unspecified atom stereocenters. The molecule has 4 nitrogen and oxygen atoms in total. The fraction of sp³-hybridized carbons (Fsp3) is 0.636. The van der Waals surface area contributed by atoms with Gasteiger partial charge in [0.05, 0.1) is 12.1 Å². The number of carboxylic acids is 1. The Balaban J connectivity index is 1.70. The SMILES string of the molecule is O=C(O)CCc1csc(NCCC2CC2)n1. The molecule has 0 radical (unpaired) electrons. The van der Waals surface area contributed by atoms with Crippen LogP contribution in [0.15, 0.2) is 5.38 Å². The van der Waals surface area contributed by atoms with Gasteiger partial charge >= 0.3 is 5.97 Å². The number of aryl methyl sites for hydroxylation is 1. The molecule has 0 aliphatic heterocycles. The molecule has 1 aromatic rings. The van der Waals surface area contributed by atoms with Gasteiger partial charge in [0.15, 0.2) is 5.13 Å². The van der Waals surface area contributed by atoms with E-state index in [1.54, 1.807) is 11.3 Å². The highest BCUT2D eigenvalue weighted by atomic mass is 32.1. The lowest BCUT2D eigenvalue weighted by atomic mass is 10.2. The third-order valence-corrected chi connectivity index (χ3v) is 3.52. The predicted molar refractivity (Wildman–Crippen MR) is 63.9 cm³/mol. The number of nitrogens with one attached hydrogen (secondary N) is 1. The van der Waals surface area contributed by atoms with E-state index in [1.165, 1.54) is 19.3 Å². The zero-order chi connectivity index (χ0) is 11.4. The fourth-order valence-electron chi connectivity index (χ4n) is 1.53. The highest BCUT2D eigenvalue weighted by Crippen LogP contribution is 2.32. The molecule has 1 aromatic heterocycles. The predicted octanol–water partition coefficient (Wildman–Crippen LogP) is 2.37. The summed E-state index contributed by atoms with van der Waals surface area (Å²) < 4.78 is 0. The lowest BCUT2D eigenvalue weighted by molar-refractivity contribution is -0.136. The summed E-state index contributed by atoms with van der Waals surface area (Å²) in [6.07, 6.45) is 4.66. The van der Waals surface area contributed by atoms with Crippen LogP contribution < -0.4 is 5.32 Å². The maximum Gasteiger partial charge on any atom is 0.303 e. The van der Waals surface area contributed by atoms with Crippen molar-refractivity contribution in [1.82, 2.24) is 4.98 Å². The Labute approximate surface area is 98.7 Å². The van der Waals surface area contributed by atoms with Crippen molar-refractivity contribution in [3.05, 3.63) is 11.1 Å². The van der Waals surface area contributed by atoms with E-state index in [1.807, 2.05) is 5.38 Å². The third-order valence-electron chi connectivity index (χ3n) is 2.67. The van der Waals surface area contributed by atoms with Crippen molar-refractivity contribution < 1.29 is 9.90 Å². The van der Waals surface area contributed by atoms with Crippen LogP contribution in [0.25, 0.3) is 0 Å². The number of anilines is 1. The summed E-state index contributed by atoms with van der Waals surface area (Å²) in [5.74, 6) is 0.162. The molecule has 0 amide bonds. The van der Waals surface area contributed by atoms with E-state index in [2.05, 4.69) is 10.3 Å². The molecule has 2 rings (SSSR count). The van der Waals surface area contributed by atoms with Crippen LogP contribution in [0, 0.1) is 5.92 Å². The summed E-state index contributed by atoms with van der Waals surface area (Å²) in [6.45, 7) is 0.983. The average molecular weight is 240 g/mol. The van der Waals surface area contributed by atoms with Crippen molar-refractivity contribution in [2.24, 2.45) is 5.92 Å². The molecular weight excluding hydrogens is 224 g/mol. The van der Waals surface area contributed by atoms with Crippen molar-refractivity contribution >= 4 is 22.4 Å². The number of nitrogens with zero attached hydrogens (tertiary/aromatic N) is 1. The van der Waals surface area contributed by atoms with Crippen LogP contribution in [0.3, 0.4) is 0 Å². The van der Waals surface area contributed by atoms with Gasteiger partial charge < -0.3 is 10.4 Å². The van der Waals surface area contributed by atoms with Gasteiger partial charge in [-0.2, -0.15) is 0 Å². The first-order chi connectivity index (χ1) is 7.74. The van der Waals surface area contributed by atoms with Gasteiger partial charge in [-0.05, 0) is 12.3 Å². The van der Waals surface area contributed by atoms with Crippen LogP contribution in [0.2, 0.25) is 0 Å². The van der Waals surface area contributed by atoms with Gasteiger partial charge in [-0.15, -0.1) is 11.3 Å². The lowest BCUT2D eigenvalue weighted by Crippen LogP contribution is -2.02. The number of hydrogen-bond donors (Lipinski definition) is 2. The second-order valence-electron chi connectivity index (χ2n) is 4.20. The molecule has 2 N–H and O–H groups in total. The Bertz CT molecular complexity index is 361. The molecule has 0 bridgehead atoms. The number of rotatable bonds is 7. The molecule has 1 aliphatic carbocycles. The van der Waals surface area contributed by atoms with E-state index in [4.69, 9.17) is 5.11 Å². The maximum absolute atomic E-state index is 10.4. The normalized spacial score (nSPS) is 15.0. The summed E-state index contributed by atoms with van der Waals surface area (Å²) in [5, 5.41) is 14.7. The molecule has 0 saturated heterocycles. The molecule has 1 fully saturated rings. The molecule has 16 heavy (non-hydrogen) atoms. The zero-order valence-electron chi connectivity index (χ0n) is 9.11. The van der Waals surface area contributed by atoms with Gasteiger partial charge in [-0.3, -0.25) is 4.79 Å². The minimum Gasteiger partial charge on any atom is -0.481 e. The van der Waals surface area contributed by atoms with Gasteiger partial charge in [0.2, 0.25) is 0 Å². The first-order valence-corrected chi connectivity index (χ1v) is 6.52. The van der Waals surface area contributed by atoms with Crippen molar-refractivity contribution in [3.8, 4) is 0 Å². The van der Waals surface area contributed by atoms with Crippen molar-refractivity contribution in [1.29, 1.82) is 0 Å². The molecule has 0 atom stereocenters. The van der Waals surface area contributed by atoms with Crippen LogP contribution in [0.4, 0.5) is 5.13 Å². The lowest BCUT2D eigenvalue weighted by Gasteiger charge is -2.00. The minimum atomic E-state index is -0.767. The highest BCUT2D eigenvalue weighted by molar-refractivity contribution is 7.13. The van der Waals surface area contributed by atoms with E-state index in [0.29, 0.717) is 6.42 Å². The van der Waals surface area contributed by atoms with E-state index < -0.39 is 5.97 Å². The van der Waals surface area contributed by atoms with Crippen molar-refractivity contribution in [3.63, 3.8) is 0 Å². The number of thiazole rings is 1. The number of hydrogen-bond acceptors (Lipinski definition) is 4. The fourth-order valence-corrected chi connectivity index (χ4v) is 2.30. The monoisotopic (exact) mass is 240 g/mol. The van der Waals surface area contributed by atoms with Gasteiger partial charge in [0.25, 0.3) is 0 Å². The summed E-state index contributed by atoms with van der Waals surface area (Å²) in [4.78, 5) is 14.7. The first-order valence-electron chi connectivity index (χ1n) is 5.64. The summed E-state index contributed by atoms with van der Waals surface area (Å²) in [7, 11) is 0. The van der Waals surface area contributed by atoms with E-state index in [0.717, 1.165) is 23.3 Å². The average Bonchev–Trinajstić information content (AvgIpc) is 2.94. The molecule has 1 aliphatic rings. The molecule has 1 saturated carbocycles. The molecule has 0 spiro atoms. The van der Waals surface area contributed by atoms with Crippen LogP contribution in [-0.4, -0.2) is 22.6 Å².